The van der Waals surface area contributed by atoms with Crippen LogP contribution in [-0.2, 0) is 9.53 Å². The third kappa shape index (κ3) is 8.43. The van der Waals surface area contributed by atoms with E-state index in [1.54, 1.807) is 14.0 Å². The molecule has 0 heterocycles. The molecule has 1 amide bonds. The van der Waals surface area contributed by atoms with Crippen LogP contribution in [0, 0.1) is 0 Å². The van der Waals surface area contributed by atoms with E-state index in [1.807, 2.05) is 4.90 Å². The van der Waals surface area contributed by atoms with Crippen molar-refractivity contribution in [3.8, 4) is 0 Å². The fraction of sp³-hybridized carbons (Fsp3) is 0.917. The van der Waals surface area contributed by atoms with Crippen LogP contribution >= 0.6 is 0 Å². The largest absolute Gasteiger partial charge is 0.383 e. The second kappa shape index (κ2) is 9.97. The smallest absolute Gasteiger partial charge is 0.219 e. The first-order chi connectivity index (χ1) is 7.22. The van der Waals surface area contributed by atoms with Gasteiger partial charge >= 0.3 is 0 Å². The molecule has 90 valence electrons. The van der Waals surface area contributed by atoms with Crippen molar-refractivity contribution >= 4 is 5.91 Å². The van der Waals surface area contributed by atoms with E-state index in [1.165, 1.54) is 25.7 Å². The Bertz CT molecular complexity index is 160. The van der Waals surface area contributed by atoms with Gasteiger partial charge < -0.3 is 9.64 Å². The summed E-state index contributed by atoms with van der Waals surface area (Å²) < 4.78 is 4.97. The Morgan fingerprint density at radius 3 is 2.33 bits per heavy atom. The molecule has 0 saturated heterocycles. The van der Waals surface area contributed by atoms with Crippen molar-refractivity contribution < 1.29 is 9.53 Å². The molecule has 0 rings (SSSR count). The molecule has 0 radical (unpaired) electrons. The lowest BCUT2D eigenvalue weighted by atomic mass is 10.1. The maximum absolute atomic E-state index is 11.2. The van der Waals surface area contributed by atoms with Crippen LogP contribution in [0.25, 0.3) is 0 Å². The van der Waals surface area contributed by atoms with Gasteiger partial charge in [-0.05, 0) is 6.42 Å². The van der Waals surface area contributed by atoms with Crippen molar-refractivity contribution in [1.82, 2.24) is 4.90 Å². The maximum atomic E-state index is 11.2. The van der Waals surface area contributed by atoms with Crippen LogP contribution < -0.4 is 0 Å². The molecule has 3 heteroatoms. The predicted molar refractivity (Wildman–Crippen MR) is 62.9 cm³/mol. The topological polar surface area (TPSA) is 29.5 Å². The van der Waals surface area contributed by atoms with Gasteiger partial charge in [-0.15, -0.1) is 0 Å². The van der Waals surface area contributed by atoms with E-state index in [0.717, 1.165) is 19.5 Å². The van der Waals surface area contributed by atoms with Crippen molar-refractivity contribution in [3.63, 3.8) is 0 Å². The molecular weight excluding hydrogens is 190 g/mol. The van der Waals surface area contributed by atoms with E-state index >= 15 is 0 Å². The number of hydrogen-bond donors (Lipinski definition) is 0. The van der Waals surface area contributed by atoms with Gasteiger partial charge in [-0.25, -0.2) is 0 Å². The highest BCUT2D eigenvalue weighted by molar-refractivity contribution is 5.73. The van der Waals surface area contributed by atoms with Crippen LogP contribution in [0.4, 0.5) is 0 Å². The van der Waals surface area contributed by atoms with Gasteiger partial charge in [0.2, 0.25) is 5.91 Å². The van der Waals surface area contributed by atoms with Crippen LogP contribution in [0.1, 0.15) is 46.0 Å². The molecule has 0 spiro atoms. The monoisotopic (exact) mass is 215 g/mol. The molecule has 0 fully saturated rings. The standard InChI is InChI=1S/C12H25NO2/c1-4-5-6-7-8-9-13(12(2)14)10-11-15-3/h4-11H2,1-3H3. The SMILES string of the molecule is CCCCCCCN(CCOC)C(C)=O. The summed E-state index contributed by atoms with van der Waals surface area (Å²) in [6.45, 7) is 6.07. The minimum atomic E-state index is 0.155. The Balaban J connectivity index is 3.53. The maximum Gasteiger partial charge on any atom is 0.219 e. The number of carbonyl (C=O) groups excluding carboxylic acids is 1. The highest BCUT2D eigenvalue weighted by Crippen LogP contribution is 2.04. The summed E-state index contributed by atoms with van der Waals surface area (Å²) >= 11 is 0. The van der Waals surface area contributed by atoms with Gasteiger partial charge in [-0.3, -0.25) is 4.79 Å². The summed E-state index contributed by atoms with van der Waals surface area (Å²) in [4.78, 5) is 13.1. The molecule has 0 atom stereocenters. The second-order valence-electron chi connectivity index (χ2n) is 3.91. The van der Waals surface area contributed by atoms with Gasteiger partial charge in [0.25, 0.3) is 0 Å². The van der Waals surface area contributed by atoms with Crippen molar-refractivity contribution in [3.05, 3.63) is 0 Å². The summed E-state index contributed by atoms with van der Waals surface area (Å²) in [5.74, 6) is 0.155. The van der Waals surface area contributed by atoms with E-state index in [-0.39, 0.29) is 5.91 Å². The molecule has 0 saturated carbocycles. The summed E-state index contributed by atoms with van der Waals surface area (Å²) in [6.07, 6.45) is 6.19. The van der Waals surface area contributed by atoms with Crippen molar-refractivity contribution in [2.45, 2.75) is 46.0 Å². The summed E-state index contributed by atoms with van der Waals surface area (Å²) in [7, 11) is 1.67. The first-order valence-corrected chi connectivity index (χ1v) is 5.96. The first kappa shape index (κ1) is 14.4. The van der Waals surface area contributed by atoms with Crippen LogP contribution in [-0.4, -0.2) is 37.6 Å². The van der Waals surface area contributed by atoms with Gasteiger partial charge in [-0.1, -0.05) is 32.6 Å². The van der Waals surface area contributed by atoms with Crippen LogP contribution in [0.3, 0.4) is 0 Å². The Labute approximate surface area is 93.8 Å². The molecule has 0 aliphatic carbocycles. The number of amides is 1. The van der Waals surface area contributed by atoms with Crippen molar-refractivity contribution in [2.24, 2.45) is 0 Å². The number of methoxy groups -OCH3 is 1. The van der Waals surface area contributed by atoms with Gasteiger partial charge in [0.15, 0.2) is 0 Å². The van der Waals surface area contributed by atoms with Crippen LogP contribution in [0.15, 0.2) is 0 Å². The lowest BCUT2D eigenvalue weighted by molar-refractivity contribution is -0.129. The lowest BCUT2D eigenvalue weighted by Crippen LogP contribution is -2.32. The average Bonchev–Trinajstić information content (AvgIpc) is 2.21. The number of hydrogen-bond acceptors (Lipinski definition) is 2. The van der Waals surface area contributed by atoms with E-state index in [4.69, 9.17) is 4.74 Å². The molecule has 0 aromatic rings. The Morgan fingerprint density at radius 2 is 1.80 bits per heavy atom. The lowest BCUT2D eigenvalue weighted by Gasteiger charge is -2.20. The zero-order valence-electron chi connectivity index (χ0n) is 10.4. The van der Waals surface area contributed by atoms with Crippen molar-refractivity contribution in [1.29, 1.82) is 0 Å². The Hall–Kier alpha value is -0.570. The Morgan fingerprint density at radius 1 is 1.13 bits per heavy atom. The molecule has 0 aliphatic heterocycles. The van der Waals surface area contributed by atoms with E-state index in [0.29, 0.717) is 6.61 Å². The highest BCUT2D eigenvalue weighted by Gasteiger charge is 2.06. The van der Waals surface area contributed by atoms with Gasteiger partial charge in [-0.2, -0.15) is 0 Å². The van der Waals surface area contributed by atoms with Gasteiger partial charge in [0.05, 0.1) is 6.61 Å². The molecule has 0 unspecified atom stereocenters. The zero-order valence-corrected chi connectivity index (χ0v) is 10.4. The second-order valence-corrected chi connectivity index (χ2v) is 3.91. The highest BCUT2D eigenvalue weighted by atomic mass is 16.5. The molecule has 0 N–H and O–H groups in total. The summed E-state index contributed by atoms with van der Waals surface area (Å²) in [5, 5.41) is 0. The summed E-state index contributed by atoms with van der Waals surface area (Å²) in [6, 6.07) is 0. The number of carbonyl (C=O) groups is 1. The Kier molecular flexibility index (Phi) is 9.59. The quantitative estimate of drug-likeness (QED) is 0.553. The molecule has 0 aliphatic rings. The number of ether oxygens (including phenoxy) is 1. The molecule has 0 bridgehead atoms. The van der Waals surface area contributed by atoms with Crippen LogP contribution in [0.2, 0.25) is 0 Å². The number of unbranched alkanes of at least 4 members (excludes halogenated alkanes) is 4. The van der Waals surface area contributed by atoms with Crippen LogP contribution in [0.5, 0.6) is 0 Å². The fourth-order valence-electron chi connectivity index (χ4n) is 1.53. The first-order valence-electron chi connectivity index (χ1n) is 5.96. The molecule has 3 nitrogen and oxygen atoms in total. The third-order valence-electron chi connectivity index (χ3n) is 2.54. The third-order valence-corrected chi connectivity index (χ3v) is 2.54. The molecule has 0 aromatic heterocycles. The summed E-state index contributed by atoms with van der Waals surface area (Å²) in [5.41, 5.74) is 0. The zero-order chi connectivity index (χ0) is 11.5. The predicted octanol–water partition coefficient (Wildman–Crippen LogP) is 2.45. The van der Waals surface area contributed by atoms with Crippen molar-refractivity contribution in [2.75, 3.05) is 26.8 Å². The normalized spacial score (nSPS) is 10.3. The fourth-order valence-corrected chi connectivity index (χ4v) is 1.53. The van der Waals surface area contributed by atoms with E-state index in [2.05, 4.69) is 6.92 Å². The molecular formula is C12H25NO2. The minimum absolute atomic E-state index is 0.155. The van der Waals surface area contributed by atoms with Gasteiger partial charge in [0.1, 0.15) is 0 Å². The number of nitrogens with zero attached hydrogens (tertiary/aromatic N) is 1. The van der Waals surface area contributed by atoms with Gasteiger partial charge in [0, 0.05) is 27.1 Å². The minimum Gasteiger partial charge on any atom is -0.383 e. The molecule has 0 aromatic carbocycles. The van der Waals surface area contributed by atoms with E-state index in [9.17, 15) is 4.79 Å². The molecule has 15 heavy (non-hydrogen) atoms. The average molecular weight is 215 g/mol. The van der Waals surface area contributed by atoms with E-state index < -0.39 is 0 Å². The number of rotatable bonds is 9.